The topological polar surface area (TPSA) is 82.5 Å². The molecule has 18 heavy (non-hydrogen) atoms. The summed E-state index contributed by atoms with van der Waals surface area (Å²) in [5.41, 5.74) is 1.66. The molecule has 0 aliphatic rings. The lowest BCUT2D eigenvalue weighted by Crippen LogP contribution is -2.38. The highest BCUT2D eigenvalue weighted by Gasteiger charge is 2.09. The van der Waals surface area contributed by atoms with Gasteiger partial charge in [-0.25, -0.2) is 4.79 Å². The zero-order chi connectivity index (χ0) is 13.5. The van der Waals surface area contributed by atoms with Crippen molar-refractivity contribution in [1.82, 2.24) is 15.2 Å². The Balaban J connectivity index is 2.38. The van der Waals surface area contributed by atoms with E-state index in [2.05, 4.69) is 10.3 Å². The number of pyridine rings is 1. The van der Waals surface area contributed by atoms with Gasteiger partial charge in [-0.3, -0.25) is 9.78 Å². The molecule has 0 saturated heterocycles. The second-order valence-corrected chi connectivity index (χ2v) is 3.99. The summed E-state index contributed by atoms with van der Waals surface area (Å²) in [4.78, 5) is 27.6. The lowest BCUT2D eigenvalue weighted by Gasteiger charge is -2.16. The number of carboxylic acids is 1. The van der Waals surface area contributed by atoms with Crippen LogP contribution in [0.25, 0.3) is 0 Å². The van der Waals surface area contributed by atoms with Crippen LogP contribution in [0, 0.1) is 6.92 Å². The number of carbonyl (C=O) groups excluding carboxylic acids is 1. The molecular weight excluding hydrogens is 234 g/mol. The molecule has 0 fully saturated rings. The first-order valence-electron chi connectivity index (χ1n) is 5.62. The summed E-state index contributed by atoms with van der Waals surface area (Å²) in [5.74, 6) is -0.921. The van der Waals surface area contributed by atoms with E-state index in [1.807, 2.05) is 25.1 Å². The normalized spacial score (nSPS) is 9.89. The van der Waals surface area contributed by atoms with Crippen molar-refractivity contribution >= 4 is 12.0 Å². The molecule has 6 heteroatoms. The van der Waals surface area contributed by atoms with Crippen LogP contribution < -0.4 is 5.32 Å². The van der Waals surface area contributed by atoms with E-state index in [4.69, 9.17) is 5.11 Å². The number of rotatable bonds is 5. The number of nitrogens with zero attached hydrogens (tertiary/aromatic N) is 2. The van der Waals surface area contributed by atoms with Gasteiger partial charge in [0.25, 0.3) is 0 Å². The quantitative estimate of drug-likeness (QED) is 0.818. The van der Waals surface area contributed by atoms with Crippen molar-refractivity contribution in [3.63, 3.8) is 0 Å². The third-order valence-electron chi connectivity index (χ3n) is 2.37. The van der Waals surface area contributed by atoms with E-state index in [0.717, 1.165) is 11.4 Å². The Bertz CT molecular complexity index is 434. The molecule has 0 spiro atoms. The summed E-state index contributed by atoms with van der Waals surface area (Å²) in [7, 11) is 1.56. The largest absolute Gasteiger partial charge is 0.481 e. The molecule has 1 aromatic rings. The van der Waals surface area contributed by atoms with Crippen LogP contribution in [-0.2, 0) is 11.3 Å². The lowest BCUT2D eigenvalue weighted by molar-refractivity contribution is -0.137. The molecule has 0 aromatic carbocycles. The van der Waals surface area contributed by atoms with E-state index in [0.29, 0.717) is 6.54 Å². The fraction of sp³-hybridized carbons (Fsp3) is 0.417. The average molecular weight is 251 g/mol. The zero-order valence-corrected chi connectivity index (χ0v) is 10.5. The minimum atomic E-state index is -0.921. The molecule has 1 rings (SSSR count). The van der Waals surface area contributed by atoms with Crippen molar-refractivity contribution in [3.8, 4) is 0 Å². The van der Waals surface area contributed by atoms with Crippen LogP contribution in [-0.4, -0.2) is 40.6 Å². The highest BCUT2D eigenvalue weighted by atomic mass is 16.4. The zero-order valence-electron chi connectivity index (χ0n) is 10.5. The number of hydrogen-bond acceptors (Lipinski definition) is 3. The number of urea groups is 1. The van der Waals surface area contributed by atoms with E-state index in [9.17, 15) is 9.59 Å². The Morgan fingerprint density at radius 2 is 2.17 bits per heavy atom. The van der Waals surface area contributed by atoms with E-state index in [1.54, 1.807) is 7.05 Å². The van der Waals surface area contributed by atoms with Crippen LogP contribution in [0.2, 0.25) is 0 Å². The third kappa shape index (κ3) is 4.82. The molecule has 1 heterocycles. The van der Waals surface area contributed by atoms with Gasteiger partial charge in [-0.15, -0.1) is 0 Å². The minimum Gasteiger partial charge on any atom is -0.481 e. The Hall–Kier alpha value is -2.11. The number of aryl methyl sites for hydroxylation is 1. The van der Waals surface area contributed by atoms with E-state index in [-0.39, 0.29) is 19.0 Å². The SMILES string of the molecule is Cc1cccc(CNC(=O)N(C)CCC(=O)O)n1. The van der Waals surface area contributed by atoms with Gasteiger partial charge >= 0.3 is 12.0 Å². The van der Waals surface area contributed by atoms with Crippen molar-refractivity contribution in [2.75, 3.05) is 13.6 Å². The number of hydrogen-bond donors (Lipinski definition) is 2. The predicted octanol–water partition coefficient (Wildman–Crippen LogP) is 1.01. The van der Waals surface area contributed by atoms with Gasteiger partial charge in [0.05, 0.1) is 18.7 Å². The molecule has 2 amide bonds. The second-order valence-electron chi connectivity index (χ2n) is 3.99. The molecule has 0 radical (unpaired) electrons. The molecule has 0 unspecified atom stereocenters. The van der Waals surface area contributed by atoms with Crippen molar-refractivity contribution in [3.05, 3.63) is 29.6 Å². The van der Waals surface area contributed by atoms with E-state index >= 15 is 0 Å². The molecule has 0 aliphatic heterocycles. The predicted molar refractivity (Wildman–Crippen MR) is 66.1 cm³/mol. The molecule has 0 aliphatic carbocycles. The number of nitrogens with one attached hydrogen (secondary N) is 1. The van der Waals surface area contributed by atoms with Gasteiger partial charge in [-0.2, -0.15) is 0 Å². The summed E-state index contributed by atoms with van der Waals surface area (Å²) >= 11 is 0. The third-order valence-corrected chi connectivity index (χ3v) is 2.37. The van der Waals surface area contributed by atoms with Crippen LogP contribution in [0.5, 0.6) is 0 Å². The van der Waals surface area contributed by atoms with Crippen molar-refractivity contribution < 1.29 is 14.7 Å². The maximum atomic E-state index is 11.6. The molecule has 0 saturated carbocycles. The fourth-order valence-corrected chi connectivity index (χ4v) is 1.36. The number of amides is 2. The van der Waals surface area contributed by atoms with Crippen LogP contribution in [0.15, 0.2) is 18.2 Å². The second kappa shape index (κ2) is 6.58. The van der Waals surface area contributed by atoms with E-state index < -0.39 is 5.97 Å². The fourth-order valence-electron chi connectivity index (χ4n) is 1.36. The Morgan fingerprint density at radius 1 is 1.44 bits per heavy atom. The summed E-state index contributed by atoms with van der Waals surface area (Å²) in [6.45, 7) is 2.39. The standard InChI is InChI=1S/C12H17N3O3/c1-9-4-3-5-10(14-9)8-13-12(18)15(2)7-6-11(16)17/h3-5H,6-8H2,1-2H3,(H,13,18)(H,16,17). The van der Waals surface area contributed by atoms with Crippen LogP contribution >= 0.6 is 0 Å². The van der Waals surface area contributed by atoms with E-state index in [1.165, 1.54) is 4.90 Å². The highest BCUT2D eigenvalue weighted by molar-refractivity contribution is 5.74. The van der Waals surface area contributed by atoms with Crippen LogP contribution in [0.1, 0.15) is 17.8 Å². The molecule has 98 valence electrons. The number of carboxylic acid groups (broad SMARTS) is 1. The van der Waals surface area contributed by atoms with Gasteiger partial charge in [0.15, 0.2) is 0 Å². The smallest absolute Gasteiger partial charge is 0.317 e. The average Bonchev–Trinajstić information content (AvgIpc) is 2.33. The minimum absolute atomic E-state index is 0.0629. The van der Waals surface area contributed by atoms with Gasteiger partial charge < -0.3 is 15.3 Å². The maximum Gasteiger partial charge on any atom is 0.317 e. The lowest BCUT2D eigenvalue weighted by atomic mass is 10.3. The van der Waals surface area contributed by atoms with Crippen molar-refractivity contribution in [1.29, 1.82) is 0 Å². The Labute approximate surface area is 106 Å². The first kappa shape index (κ1) is 14.0. The summed E-state index contributed by atoms with van der Waals surface area (Å²) in [5, 5.41) is 11.2. The van der Waals surface area contributed by atoms with Gasteiger partial charge in [0, 0.05) is 19.3 Å². The number of carbonyl (C=O) groups is 2. The van der Waals surface area contributed by atoms with Gasteiger partial charge in [0.2, 0.25) is 0 Å². The monoisotopic (exact) mass is 251 g/mol. The van der Waals surface area contributed by atoms with Crippen LogP contribution in [0.3, 0.4) is 0 Å². The maximum absolute atomic E-state index is 11.6. The van der Waals surface area contributed by atoms with Gasteiger partial charge in [-0.05, 0) is 19.1 Å². The molecule has 0 bridgehead atoms. The van der Waals surface area contributed by atoms with Crippen molar-refractivity contribution in [2.45, 2.75) is 19.9 Å². The first-order valence-corrected chi connectivity index (χ1v) is 5.62. The summed E-state index contributed by atoms with van der Waals surface area (Å²) in [6.07, 6.45) is -0.0629. The molecule has 2 N–H and O–H groups in total. The van der Waals surface area contributed by atoms with Gasteiger partial charge in [0.1, 0.15) is 0 Å². The van der Waals surface area contributed by atoms with Crippen LogP contribution in [0.4, 0.5) is 4.79 Å². The Morgan fingerprint density at radius 3 is 2.78 bits per heavy atom. The molecule has 0 atom stereocenters. The van der Waals surface area contributed by atoms with Gasteiger partial charge in [-0.1, -0.05) is 6.07 Å². The highest BCUT2D eigenvalue weighted by Crippen LogP contribution is 1.98. The number of aromatic nitrogens is 1. The number of aliphatic carboxylic acids is 1. The molecule has 1 aromatic heterocycles. The van der Waals surface area contributed by atoms with Crippen molar-refractivity contribution in [2.24, 2.45) is 0 Å². The first-order chi connectivity index (χ1) is 8.49. The Kier molecular flexibility index (Phi) is 5.10. The molecular formula is C12H17N3O3. The molecule has 6 nitrogen and oxygen atoms in total. The summed E-state index contributed by atoms with van der Waals surface area (Å²) < 4.78 is 0. The summed E-state index contributed by atoms with van der Waals surface area (Å²) in [6, 6.07) is 5.27.